The van der Waals surface area contributed by atoms with Gasteiger partial charge in [0.2, 0.25) is 0 Å². The molecule has 0 saturated heterocycles. The van der Waals surface area contributed by atoms with E-state index in [2.05, 4.69) is 103 Å². The first-order chi connectivity index (χ1) is 17.3. The van der Waals surface area contributed by atoms with Gasteiger partial charge in [0, 0.05) is 27.3 Å². The molecule has 0 unspecified atom stereocenters. The van der Waals surface area contributed by atoms with Gasteiger partial charge in [-0.3, -0.25) is 0 Å². The molecule has 0 N–H and O–H groups in total. The highest BCUT2D eigenvalue weighted by atomic mass is 16.3. The number of fused-ring (bicyclic) bond motifs is 5. The lowest BCUT2D eigenvalue weighted by atomic mass is 9.96. The van der Waals surface area contributed by atoms with Gasteiger partial charge in [0.15, 0.2) is 0 Å². The molecule has 2 heterocycles. The second kappa shape index (κ2) is 7.96. The van der Waals surface area contributed by atoms with Crippen molar-refractivity contribution in [3.63, 3.8) is 0 Å². The molecule has 0 saturated carbocycles. The van der Waals surface area contributed by atoms with Crippen LogP contribution in [0.25, 0.3) is 66.4 Å². The van der Waals surface area contributed by atoms with Gasteiger partial charge in [0.25, 0.3) is 0 Å². The lowest BCUT2D eigenvalue weighted by Crippen LogP contribution is -1.92. The van der Waals surface area contributed by atoms with Crippen LogP contribution in [0.2, 0.25) is 0 Å². The van der Waals surface area contributed by atoms with Gasteiger partial charge in [0.05, 0.1) is 11.4 Å². The van der Waals surface area contributed by atoms with E-state index in [4.69, 9.17) is 9.40 Å². The predicted molar refractivity (Wildman–Crippen MR) is 145 cm³/mol. The van der Waals surface area contributed by atoms with Crippen molar-refractivity contribution in [1.29, 1.82) is 0 Å². The van der Waals surface area contributed by atoms with Crippen molar-refractivity contribution in [2.24, 2.45) is 0 Å². The van der Waals surface area contributed by atoms with E-state index in [1.165, 1.54) is 5.56 Å². The number of hydrogen-bond acceptors (Lipinski definition) is 2. The van der Waals surface area contributed by atoms with Crippen molar-refractivity contribution in [2.75, 3.05) is 0 Å². The molecule has 0 radical (unpaired) electrons. The lowest BCUT2D eigenvalue weighted by molar-refractivity contribution is 0.672. The van der Waals surface area contributed by atoms with Crippen molar-refractivity contribution < 1.29 is 4.42 Å². The van der Waals surface area contributed by atoms with Gasteiger partial charge in [-0.2, -0.15) is 0 Å². The average Bonchev–Trinajstić information content (AvgIpc) is 3.33. The summed E-state index contributed by atoms with van der Waals surface area (Å²) in [5.74, 6) is 0. The topological polar surface area (TPSA) is 26.0 Å². The summed E-state index contributed by atoms with van der Waals surface area (Å²) < 4.78 is 6.32. The smallest absolute Gasteiger partial charge is 0.143 e. The van der Waals surface area contributed by atoms with Crippen LogP contribution in [0, 0.1) is 0 Å². The lowest BCUT2D eigenvalue weighted by Gasteiger charge is -2.12. The SMILES string of the molecule is c1ccc(-c2cc(-c3ccccc3)nc(-c3cccc4c3ccc3c5ccccc5oc43)c2)cc1. The Labute approximate surface area is 203 Å². The average molecular weight is 448 g/mol. The van der Waals surface area contributed by atoms with Gasteiger partial charge >= 0.3 is 0 Å². The Morgan fingerprint density at radius 1 is 0.429 bits per heavy atom. The first-order valence-electron chi connectivity index (χ1n) is 11.8. The molecule has 0 aliphatic rings. The minimum absolute atomic E-state index is 0.913. The van der Waals surface area contributed by atoms with Gasteiger partial charge < -0.3 is 4.42 Å². The fourth-order valence-electron chi connectivity index (χ4n) is 4.99. The quantitative estimate of drug-likeness (QED) is 0.270. The van der Waals surface area contributed by atoms with Crippen LogP contribution in [0.5, 0.6) is 0 Å². The van der Waals surface area contributed by atoms with Gasteiger partial charge in [-0.25, -0.2) is 4.98 Å². The largest absolute Gasteiger partial charge is 0.455 e. The predicted octanol–water partition coefficient (Wildman–Crippen LogP) is 9.14. The normalized spacial score (nSPS) is 11.4. The number of hydrogen-bond donors (Lipinski definition) is 0. The number of furan rings is 1. The second-order valence-electron chi connectivity index (χ2n) is 8.80. The zero-order valence-electron chi connectivity index (χ0n) is 19.0. The maximum atomic E-state index is 6.32. The Morgan fingerprint density at radius 3 is 1.89 bits per heavy atom. The van der Waals surface area contributed by atoms with Crippen LogP contribution in [0.1, 0.15) is 0 Å². The van der Waals surface area contributed by atoms with E-state index in [9.17, 15) is 0 Å². The Hall–Kier alpha value is -4.69. The summed E-state index contributed by atoms with van der Waals surface area (Å²) in [6.45, 7) is 0. The number of aromatic nitrogens is 1. The van der Waals surface area contributed by atoms with E-state index in [0.29, 0.717) is 0 Å². The molecule has 0 atom stereocenters. The van der Waals surface area contributed by atoms with Crippen molar-refractivity contribution >= 4 is 32.7 Å². The maximum Gasteiger partial charge on any atom is 0.143 e. The van der Waals surface area contributed by atoms with Crippen molar-refractivity contribution in [3.05, 3.63) is 127 Å². The Morgan fingerprint density at radius 2 is 1.06 bits per heavy atom. The third-order valence-corrected chi connectivity index (χ3v) is 6.68. The van der Waals surface area contributed by atoms with Crippen LogP contribution in [0.15, 0.2) is 132 Å². The number of benzene rings is 5. The van der Waals surface area contributed by atoms with Crippen molar-refractivity contribution in [3.8, 4) is 33.6 Å². The summed E-state index contributed by atoms with van der Waals surface area (Å²) in [6, 6.07) is 44.2. The van der Waals surface area contributed by atoms with Crippen LogP contribution in [0.4, 0.5) is 0 Å². The minimum atomic E-state index is 0.913. The van der Waals surface area contributed by atoms with Gasteiger partial charge in [-0.05, 0) is 40.8 Å². The number of rotatable bonds is 3. The van der Waals surface area contributed by atoms with E-state index < -0.39 is 0 Å². The van der Waals surface area contributed by atoms with Gasteiger partial charge in [-0.1, -0.05) is 103 Å². The van der Waals surface area contributed by atoms with E-state index in [1.54, 1.807) is 0 Å². The molecule has 0 aliphatic carbocycles. The molecule has 7 rings (SSSR count). The fourth-order valence-corrected chi connectivity index (χ4v) is 4.99. The molecule has 35 heavy (non-hydrogen) atoms. The molecule has 0 amide bonds. The third-order valence-electron chi connectivity index (χ3n) is 6.68. The van der Waals surface area contributed by atoms with Crippen LogP contribution < -0.4 is 0 Å². The number of nitrogens with zero attached hydrogens (tertiary/aromatic N) is 1. The highest BCUT2D eigenvalue weighted by molar-refractivity contribution is 6.17. The van der Waals surface area contributed by atoms with Crippen LogP contribution >= 0.6 is 0 Å². The van der Waals surface area contributed by atoms with Gasteiger partial charge in [-0.15, -0.1) is 0 Å². The monoisotopic (exact) mass is 447 g/mol. The fraction of sp³-hybridized carbons (Fsp3) is 0. The first-order valence-corrected chi connectivity index (χ1v) is 11.8. The Balaban J connectivity index is 1.50. The van der Waals surface area contributed by atoms with Crippen molar-refractivity contribution in [1.82, 2.24) is 4.98 Å². The highest BCUT2D eigenvalue weighted by Gasteiger charge is 2.15. The summed E-state index contributed by atoms with van der Waals surface area (Å²) in [5, 5.41) is 4.52. The molecular formula is C33H21NO. The summed E-state index contributed by atoms with van der Waals surface area (Å²) in [4.78, 5) is 5.14. The molecule has 2 aromatic heterocycles. The second-order valence-corrected chi connectivity index (χ2v) is 8.80. The van der Waals surface area contributed by atoms with Crippen molar-refractivity contribution in [2.45, 2.75) is 0 Å². The summed E-state index contributed by atoms with van der Waals surface area (Å²) in [5.41, 5.74) is 8.27. The van der Waals surface area contributed by atoms with Gasteiger partial charge in [0.1, 0.15) is 11.2 Å². The Bertz CT molecular complexity index is 1770. The summed E-state index contributed by atoms with van der Waals surface area (Å²) >= 11 is 0. The number of para-hydroxylation sites is 1. The maximum absolute atomic E-state index is 6.32. The van der Waals surface area contributed by atoms with E-state index in [-0.39, 0.29) is 0 Å². The molecule has 164 valence electrons. The van der Waals surface area contributed by atoms with E-state index in [0.717, 1.165) is 60.8 Å². The first kappa shape index (κ1) is 19.7. The molecule has 2 heteroatoms. The summed E-state index contributed by atoms with van der Waals surface area (Å²) in [6.07, 6.45) is 0. The van der Waals surface area contributed by atoms with Crippen LogP contribution in [-0.4, -0.2) is 4.98 Å². The molecule has 7 aromatic rings. The molecule has 0 fully saturated rings. The van der Waals surface area contributed by atoms with E-state index in [1.807, 2.05) is 24.3 Å². The molecule has 5 aromatic carbocycles. The minimum Gasteiger partial charge on any atom is -0.455 e. The van der Waals surface area contributed by atoms with E-state index >= 15 is 0 Å². The molecule has 0 spiro atoms. The highest BCUT2D eigenvalue weighted by Crippen LogP contribution is 2.38. The standard InChI is InChI=1S/C33H21NO/c1-3-10-22(11-4-1)24-20-30(23-12-5-2-6-13-23)34-31(21-24)26-15-9-16-28-25(26)18-19-29-27-14-7-8-17-32(27)35-33(28)29/h1-21H. The molecule has 0 aliphatic heterocycles. The zero-order valence-corrected chi connectivity index (χ0v) is 19.0. The molecular weight excluding hydrogens is 426 g/mol. The zero-order chi connectivity index (χ0) is 23.2. The summed E-state index contributed by atoms with van der Waals surface area (Å²) in [7, 11) is 0. The molecule has 0 bridgehead atoms. The van der Waals surface area contributed by atoms with Crippen LogP contribution in [0.3, 0.4) is 0 Å². The Kier molecular flexibility index (Phi) is 4.49. The third kappa shape index (κ3) is 3.31. The molecule has 2 nitrogen and oxygen atoms in total. The van der Waals surface area contributed by atoms with Crippen LogP contribution in [-0.2, 0) is 0 Å². The number of pyridine rings is 1.